The highest BCUT2D eigenvalue weighted by Gasteiger charge is 2.34. The Balaban J connectivity index is 2.10. The Kier molecular flexibility index (Phi) is 6.26. The van der Waals surface area contributed by atoms with Crippen molar-refractivity contribution in [3.63, 3.8) is 0 Å². The summed E-state index contributed by atoms with van der Waals surface area (Å²) in [5, 5.41) is 16.3. The number of aliphatic hydroxyl groups is 1. The second kappa shape index (κ2) is 8.03. The van der Waals surface area contributed by atoms with Crippen molar-refractivity contribution in [2.75, 3.05) is 13.1 Å². The molecular weight excluding hydrogens is 338 g/mol. The second-order valence-electron chi connectivity index (χ2n) is 6.28. The van der Waals surface area contributed by atoms with Crippen molar-refractivity contribution in [2.45, 2.75) is 50.9 Å². The highest BCUT2D eigenvalue weighted by Crippen LogP contribution is 2.33. The van der Waals surface area contributed by atoms with Crippen molar-refractivity contribution in [3.05, 3.63) is 35.1 Å². The summed E-state index contributed by atoms with van der Waals surface area (Å²) in [6, 6.07) is 2.56. The molecule has 0 bridgehead atoms. The first-order valence-electron chi connectivity index (χ1n) is 8.34. The van der Waals surface area contributed by atoms with E-state index >= 15 is 0 Å². The number of halogens is 4. The van der Waals surface area contributed by atoms with Gasteiger partial charge in [-0.1, -0.05) is 18.9 Å². The van der Waals surface area contributed by atoms with Crippen LogP contribution in [-0.2, 0) is 12.7 Å². The van der Waals surface area contributed by atoms with Crippen LogP contribution in [0.5, 0.6) is 0 Å². The van der Waals surface area contributed by atoms with Gasteiger partial charge in [0.1, 0.15) is 5.82 Å². The molecular formula is C17H23F4N3O. The third-order valence-electron chi connectivity index (χ3n) is 4.25. The fourth-order valence-electron chi connectivity index (χ4n) is 2.91. The normalized spacial score (nSPS) is 17.6. The van der Waals surface area contributed by atoms with Crippen LogP contribution in [-0.4, -0.2) is 29.8 Å². The van der Waals surface area contributed by atoms with Crippen LogP contribution in [0.4, 0.5) is 17.6 Å². The molecule has 1 aromatic carbocycles. The SMILES string of the molecule is CCNC(=NCc1ccc(F)cc1C(F)(F)F)NCC1(O)CCCC1. The lowest BCUT2D eigenvalue weighted by Crippen LogP contribution is -2.46. The molecule has 140 valence electrons. The average molecular weight is 361 g/mol. The maximum atomic E-state index is 13.1. The molecule has 4 nitrogen and oxygen atoms in total. The third kappa shape index (κ3) is 5.59. The van der Waals surface area contributed by atoms with Gasteiger partial charge in [-0.05, 0) is 37.5 Å². The molecule has 0 aliphatic heterocycles. The van der Waals surface area contributed by atoms with Crippen molar-refractivity contribution in [1.82, 2.24) is 10.6 Å². The van der Waals surface area contributed by atoms with E-state index in [4.69, 9.17) is 0 Å². The van der Waals surface area contributed by atoms with Crippen molar-refractivity contribution in [1.29, 1.82) is 0 Å². The highest BCUT2D eigenvalue weighted by molar-refractivity contribution is 5.79. The van der Waals surface area contributed by atoms with Gasteiger partial charge in [0.05, 0.1) is 17.7 Å². The average Bonchev–Trinajstić information content (AvgIpc) is 2.97. The number of hydrogen-bond donors (Lipinski definition) is 3. The van der Waals surface area contributed by atoms with E-state index in [1.807, 2.05) is 6.92 Å². The number of alkyl halides is 3. The van der Waals surface area contributed by atoms with Crippen LogP contribution in [0.2, 0.25) is 0 Å². The van der Waals surface area contributed by atoms with E-state index in [1.54, 1.807) is 0 Å². The van der Waals surface area contributed by atoms with E-state index in [0.29, 0.717) is 31.4 Å². The van der Waals surface area contributed by atoms with Gasteiger partial charge in [0, 0.05) is 13.1 Å². The number of nitrogens with zero attached hydrogens (tertiary/aromatic N) is 1. The van der Waals surface area contributed by atoms with Crippen LogP contribution in [0.1, 0.15) is 43.7 Å². The van der Waals surface area contributed by atoms with Crippen LogP contribution in [0.25, 0.3) is 0 Å². The minimum absolute atomic E-state index is 0.106. The van der Waals surface area contributed by atoms with Gasteiger partial charge in [-0.3, -0.25) is 0 Å². The van der Waals surface area contributed by atoms with E-state index < -0.39 is 23.2 Å². The molecule has 1 fully saturated rings. The fourth-order valence-corrected chi connectivity index (χ4v) is 2.91. The maximum absolute atomic E-state index is 13.1. The lowest BCUT2D eigenvalue weighted by Gasteiger charge is -2.24. The molecule has 0 spiro atoms. The number of nitrogens with one attached hydrogen (secondary N) is 2. The Labute approximate surface area is 144 Å². The van der Waals surface area contributed by atoms with Gasteiger partial charge >= 0.3 is 6.18 Å². The first kappa shape index (κ1) is 19.5. The Bertz CT molecular complexity index is 610. The Morgan fingerprint density at radius 2 is 1.92 bits per heavy atom. The molecule has 1 aliphatic carbocycles. The maximum Gasteiger partial charge on any atom is 0.416 e. The van der Waals surface area contributed by atoms with Crippen LogP contribution in [0, 0.1) is 5.82 Å². The number of hydrogen-bond acceptors (Lipinski definition) is 2. The first-order valence-corrected chi connectivity index (χ1v) is 8.34. The van der Waals surface area contributed by atoms with Gasteiger partial charge in [-0.25, -0.2) is 9.38 Å². The smallest absolute Gasteiger partial charge is 0.388 e. The van der Waals surface area contributed by atoms with Crippen LogP contribution < -0.4 is 10.6 Å². The molecule has 2 rings (SSSR count). The van der Waals surface area contributed by atoms with Gasteiger partial charge in [0.15, 0.2) is 5.96 Å². The minimum Gasteiger partial charge on any atom is -0.388 e. The summed E-state index contributed by atoms with van der Waals surface area (Å²) in [5.74, 6) is -0.617. The Morgan fingerprint density at radius 1 is 1.24 bits per heavy atom. The summed E-state index contributed by atoms with van der Waals surface area (Å²) in [6.07, 6.45) is -1.35. The van der Waals surface area contributed by atoms with Crippen molar-refractivity contribution < 1.29 is 22.7 Å². The number of benzene rings is 1. The van der Waals surface area contributed by atoms with Gasteiger partial charge < -0.3 is 15.7 Å². The molecule has 8 heteroatoms. The Morgan fingerprint density at radius 3 is 2.52 bits per heavy atom. The lowest BCUT2D eigenvalue weighted by atomic mass is 10.0. The zero-order valence-electron chi connectivity index (χ0n) is 14.1. The molecule has 3 N–H and O–H groups in total. The predicted octanol–water partition coefficient (Wildman–Crippen LogP) is 3.20. The first-order chi connectivity index (χ1) is 11.7. The minimum atomic E-state index is -4.64. The van der Waals surface area contributed by atoms with E-state index in [9.17, 15) is 22.7 Å². The molecule has 0 amide bonds. The van der Waals surface area contributed by atoms with Crippen molar-refractivity contribution in [2.24, 2.45) is 4.99 Å². The summed E-state index contributed by atoms with van der Waals surface area (Å²) in [7, 11) is 0. The van der Waals surface area contributed by atoms with Gasteiger partial charge in [0.2, 0.25) is 0 Å². The van der Waals surface area contributed by atoms with Gasteiger partial charge in [0.25, 0.3) is 0 Å². The molecule has 0 aromatic heterocycles. The molecule has 0 radical (unpaired) electrons. The van der Waals surface area contributed by atoms with Gasteiger partial charge in [-0.2, -0.15) is 13.2 Å². The highest BCUT2D eigenvalue weighted by atomic mass is 19.4. The summed E-state index contributed by atoms with van der Waals surface area (Å²) >= 11 is 0. The molecule has 25 heavy (non-hydrogen) atoms. The number of rotatable bonds is 5. The van der Waals surface area contributed by atoms with E-state index in [-0.39, 0.29) is 18.7 Å². The Hall–Kier alpha value is -1.83. The summed E-state index contributed by atoms with van der Waals surface area (Å²) in [6.45, 7) is 2.40. The van der Waals surface area contributed by atoms with Crippen LogP contribution >= 0.6 is 0 Å². The molecule has 0 saturated heterocycles. The fraction of sp³-hybridized carbons (Fsp3) is 0.588. The molecule has 1 saturated carbocycles. The number of guanidine groups is 1. The number of aliphatic imine (C=N–C) groups is 1. The van der Waals surface area contributed by atoms with Gasteiger partial charge in [-0.15, -0.1) is 0 Å². The molecule has 0 atom stereocenters. The summed E-state index contributed by atoms with van der Waals surface area (Å²) in [4.78, 5) is 4.14. The van der Waals surface area contributed by atoms with Crippen molar-refractivity contribution in [3.8, 4) is 0 Å². The molecule has 1 aliphatic rings. The van der Waals surface area contributed by atoms with Crippen LogP contribution in [0.15, 0.2) is 23.2 Å². The second-order valence-corrected chi connectivity index (χ2v) is 6.28. The molecule has 0 heterocycles. The topological polar surface area (TPSA) is 56.7 Å². The van der Waals surface area contributed by atoms with E-state index in [1.165, 1.54) is 0 Å². The largest absolute Gasteiger partial charge is 0.416 e. The van der Waals surface area contributed by atoms with E-state index in [2.05, 4.69) is 15.6 Å². The van der Waals surface area contributed by atoms with E-state index in [0.717, 1.165) is 25.0 Å². The monoisotopic (exact) mass is 361 g/mol. The predicted molar refractivity (Wildman–Crippen MR) is 87.6 cm³/mol. The lowest BCUT2D eigenvalue weighted by molar-refractivity contribution is -0.138. The van der Waals surface area contributed by atoms with Crippen LogP contribution in [0.3, 0.4) is 0 Å². The zero-order valence-corrected chi connectivity index (χ0v) is 14.1. The summed E-state index contributed by atoms with van der Waals surface area (Å²) in [5.41, 5.74) is -1.93. The zero-order chi connectivity index (χ0) is 18.5. The molecule has 0 unspecified atom stereocenters. The quantitative estimate of drug-likeness (QED) is 0.429. The summed E-state index contributed by atoms with van der Waals surface area (Å²) < 4.78 is 52.2. The van der Waals surface area contributed by atoms with Crippen molar-refractivity contribution >= 4 is 5.96 Å². The standard InChI is InChI=1S/C17H23F4N3O/c1-2-22-15(24-11-16(25)7-3-4-8-16)23-10-12-5-6-13(18)9-14(12)17(19,20)21/h5-6,9,25H,2-4,7-8,10-11H2,1H3,(H2,22,23,24). The molecule has 1 aromatic rings. The third-order valence-corrected chi connectivity index (χ3v) is 4.25.